The van der Waals surface area contributed by atoms with Crippen molar-refractivity contribution in [1.82, 2.24) is 0 Å². The van der Waals surface area contributed by atoms with Crippen LogP contribution in [0.4, 0.5) is 5.00 Å². The Morgan fingerprint density at radius 3 is 2.33 bits per heavy atom. The van der Waals surface area contributed by atoms with Crippen LogP contribution < -0.4 is 5.32 Å². The molecular formula is C20H27NO5S. The number of hydrogen-bond acceptors (Lipinski definition) is 5. The van der Waals surface area contributed by atoms with Gasteiger partial charge in [-0.1, -0.05) is 25.7 Å². The van der Waals surface area contributed by atoms with Crippen molar-refractivity contribution in [3.05, 3.63) is 16.0 Å². The molecule has 0 spiro atoms. The van der Waals surface area contributed by atoms with Crippen LogP contribution in [-0.4, -0.2) is 30.1 Å². The number of carboxylic acid groups (broad SMARTS) is 1. The van der Waals surface area contributed by atoms with Gasteiger partial charge in [0.15, 0.2) is 0 Å². The fraction of sp³-hybridized carbons (Fsp3) is 0.650. The second kappa shape index (κ2) is 8.87. The van der Waals surface area contributed by atoms with Gasteiger partial charge in [0.1, 0.15) is 5.00 Å². The molecule has 2 atom stereocenters. The fourth-order valence-electron chi connectivity index (χ4n) is 4.27. The normalized spacial score (nSPS) is 22.9. The van der Waals surface area contributed by atoms with Gasteiger partial charge in [0.05, 0.1) is 24.5 Å². The van der Waals surface area contributed by atoms with Crippen LogP contribution in [-0.2, 0) is 27.2 Å². The lowest BCUT2D eigenvalue weighted by molar-refractivity contribution is -0.147. The van der Waals surface area contributed by atoms with E-state index < -0.39 is 23.8 Å². The fourth-order valence-corrected chi connectivity index (χ4v) is 5.55. The van der Waals surface area contributed by atoms with Gasteiger partial charge in [-0.3, -0.25) is 9.59 Å². The van der Waals surface area contributed by atoms with Crippen LogP contribution in [0.5, 0.6) is 0 Å². The maximum absolute atomic E-state index is 12.9. The number of carboxylic acids is 1. The Balaban J connectivity index is 1.89. The first-order chi connectivity index (χ1) is 13.0. The maximum atomic E-state index is 12.9. The summed E-state index contributed by atoms with van der Waals surface area (Å²) in [4.78, 5) is 38.0. The number of nitrogens with one attached hydrogen (secondary N) is 1. The second-order valence-corrected chi connectivity index (χ2v) is 8.54. The summed E-state index contributed by atoms with van der Waals surface area (Å²) < 4.78 is 4.98. The number of fused-ring (bicyclic) bond motifs is 1. The molecule has 1 saturated carbocycles. The van der Waals surface area contributed by atoms with Crippen molar-refractivity contribution in [3.63, 3.8) is 0 Å². The molecule has 1 aromatic rings. The molecule has 0 bridgehead atoms. The van der Waals surface area contributed by atoms with Gasteiger partial charge in [0.2, 0.25) is 5.91 Å². The predicted octanol–water partition coefficient (Wildman–Crippen LogP) is 4.02. The van der Waals surface area contributed by atoms with Crippen LogP contribution >= 0.6 is 11.3 Å². The van der Waals surface area contributed by atoms with Crippen LogP contribution in [0.2, 0.25) is 0 Å². The summed E-state index contributed by atoms with van der Waals surface area (Å²) in [5.41, 5.74) is 1.47. The van der Waals surface area contributed by atoms with Crippen LogP contribution in [0, 0.1) is 11.8 Å². The van der Waals surface area contributed by atoms with Crippen molar-refractivity contribution in [2.75, 3.05) is 12.4 Å². The number of ether oxygens (including phenoxy) is 1. The number of aliphatic carboxylic acids is 1. The molecule has 1 aromatic heterocycles. The van der Waals surface area contributed by atoms with E-state index in [1.807, 2.05) is 0 Å². The molecule has 1 amide bonds. The van der Waals surface area contributed by atoms with E-state index in [2.05, 4.69) is 5.32 Å². The summed E-state index contributed by atoms with van der Waals surface area (Å²) in [7, 11) is 1.35. The number of hydrogen-bond donors (Lipinski definition) is 2. The standard InChI is InChI=1S/C20H27NO5S/c1-26-20(25)16-14-10-4-2-3-5-11-15(14)27-18(16)21-17(22)12-8-6-7-9-13(12)19(23)24/h12-13H,2-11H2,1H3,(H,21,22)(H,23,24)/t12-,13+/m1/s1. The monoisotopic (exact) mass is 393 g/mol. The van der Waals surface area contributed by atoms with Gasteiger partial charge >= 0.3 is 11.9 Å². The Morgan fingerprint density at radius 2 is 1.67 bits per heavy atom. The molecule has 0 aromatic carbocycles. The second-order valence-electron chi connectivity index (χ2n) is 7.44. The lowest BCUT2D eigenvalue weighted by Crippen LogP contribution is -2.36. The van der Waals surface area contributed by atoms with Gasteiger partial charge in [0, 0.05) is 4.88 Å². The zero-order valence-corrected chi connectivity index (χ0v) is 16.5. The summed E-state index contributed by atoms with van der Waals surface area (Å²) in [6.45, 7) is 0. The van der Waals surface area contributed by atoms with E-state index in [1.165, 1.54) is 24.9 Å². The van der Waals surface area contributed by atoms with E-state index in [0.29, 0.717) is 23.4 Å². The number of thiophene rings is 1. The highest BCUT2D eigenvalue weighted by molar-refractivity contribution is 7.17. The molecule has 7 heteroatoms. The first-order valence-electron chi connectivity index (χ1n) is 9.79. The van der Waals surface area contributed by atoms with Crippen molar-refractivity contribution in [2.24, 2.45) is 11.8 Å². The summed E-state index contributed by atoms with van der Waals surface area (Å²) in [6, 6.07) is 0. The van der Waals surface area contributed by atoms with Gasteiger partial charge in [0.25, 0.3) is 0 Å². The van der Waals surface area contributed by atoms with E-state index in [1.54, 1.807) is 0 Å². The van der Waals surface area contributed by atoms with Crippen LogP contribution in [0.3, 0.4) is 0 Å². The Kier molecular flexibility index (Phi) is 6.52. The molecule has 0 radical (unpaired) electrons. The van der Waals surface area contributed by atoms with Crippen molar-refractivity contribution in [3.8, 4) is 0 Å². The Labute approximate surface area is 163 Å². The minimum absolute atomic E-state index is 0.290. The Hall–Kier alpha value is -1.89. The summed E-state index contributed by atoms with van der Waals surface area (Å²) in [5.74, 6) is -2.84. The molecule has 1 fully saturated rings. The molecule has 6 nitrogen and oxygen atoms in total. The quantitative estimate of drug-likeness (QED) is 0.754. The lowest BCUT2D eigenvalue weighted by Gasteiger charge is -2.27. The van der Waals surface area contributed by atoms with Gasteiger partial charge in [-0.2, -0.15) is 0 Å². The summed E-state index contributed by atoms with van der Waals surface area (Å²) in [5, 5.41) is 12.9. The van der Waals surface area contributed by atoms with E-state index in [9.17, 15) is 19.5 Å². The predicted molar refractivity (Wildman–Crippen MR) is 103 cm³/mol. The first kappa shape index (κ1) is 19.9. The van der Waals surface area contributed by atoms with Crippen LogP contribution in [0.25, 0.3) is 0 Å². The topological polar surface area (TPSA) is 92.7 Å². The average Bonchev–Trinajstić information content (AvgIpc) is 2.97. The van der Waals surface area contributed by atoms with E-state index >= 15 is 0 Å². The van der Waals surface area contributed by atoms with Gasteiger partial charge in [-0.15, -0.1) is 11.3 Å². The molecule has 3 rings (SSSR count). The zero-order chi connectivity index (χ0) is 19.4. The van der Waals surface area contributed by atoms with E-state index in [0.717, 1.165) is 55.4 Å². The van der Waals surface area contributed by atoms with E-state index in [4.69, 9.17) is 4.74 Å². The van der Waals surface area contributed by atoms with Gasteiger partial charge < -0.3 is 15.2 Å². The van der Waals surface area contributed by atoms with Crippen molar-refractivity contribution >= 4 is 34.2 Å². The number of methoxy groups -OCH3 is 1. The third-order valence-corrected chi connectivity index (χ3v) is 6.92. The third kappa shape index (κ3) is 4.34. The highest BCUT2D eigenvalue weighted by Crippen LogP contribution is 2.39. The summed E-state index contributed by atoms with van der Waals surface area (Å²) in [6.07, 6.45) is 8.91. The van der Waals surface area contributed by atoms with E-state index in [-0.39, 0.29) is 5.91 Å². The van der Waals surface area contributed by atoms with Crippen molar-refractivity contribution in [1.29, 1.82) is 0 Å². The van der Waals surface area contributed by atoms with Gasteiger partial charge in [-0.25, -0.2) is 4.79 Å². The minimum Gasteiger partial charge on any atom is -0.481 e. The molecule has 1 heterocycles. The first-order valence-corrected chi connectivity index (χ1v) is 10.6. The Bertz CT molecular complexity index is 726. The molecule has 27 heavy (non-hydrogen) atoms. The number of carbonyl (C=O) groups is 3. The number of anilines is 1. The van der Waals surface area contributed by atoms with Gasteiger partial charge in [-0.05, 0) is 44.1 Å². The van der Waals surface area contributed by atoms with Crippen molar-refractivity contribution in [2.45, 2.75) is 64.2 Å². The molecule has 0 aliphatic heterocycles. The number of rotatable bonds is 4. The number of carbonyl (C=O) groups excluding carboxylic acids is 2. The lowest BCUT2D eigenvalue weighted by atomic mass is 9.78. The SMILES string of the molecule is COC(=O)c1c(NC(=O)[C@@H]2CCCC[C@@H]2C(=O)O)sc2c1CCCCCC2. The zero-order valence-electron chi connectivity index (χ0n) is 15.7. The largest absolute Gasteiger partial charge is 0.481 e. The van der Waals surface area contributed by atoms with Crippen LogP contribution in [0.15, 0.2) is 0 Å². The summed E-state index contributed by atoms with van der Waals surface area (Å²) >= 11 is 1.45. The Morgan fingerprint density at radius 1 is 1.00 bits per heavy atom. The maximum Gasteiger partial charge on any atom is 0.341 e. The molecule has 2 N–H and O–H groups in total. The van der Waals surface area contributed by atoms with Crippen molar-refractivity contribution < 1.29 is 24.2 Å². The minimum atomic E-state index is -0.915. The molecule has 0 saturated heterocycles. The highest BCUT2D eigenvalue weighted by atomic mass is 32.1. The number of amides is 1. The number of esters is 1. The molecule has 2 aliphatic carbocycles. The molecule has 0 unspecified atom stereocenters. The smallest absolute Gasteiger partial charge is 0.341 e. The number of aryl methyl sites for hydroxylation is 1. The molecule has 2 aliphatic rings. The molecular weight excluding hydrogens is 366 g/mol. The van der Waals surface area contributed by atoms with Crippen LogP contribution in [0.1, 0.15) is 72.2 Å². The third-order valence-electron chi connectivity index (χ3n) is 5.72. The molecule has 148 valence electrons. The average molecular weight is 394 g/mol. The highest BCUT2D eigenvalue weighted by Gasteiger charge is 2.37.